The molecular weight excluding hydrogens is 208 g/mol. The summed E-state index contributed by atoms with van der Waals surface area (Å²) in [6.07, 6.45) is -1.20. The summed E-state index contributed by atoms with van der Waals surface area (Å²) in [5, 5.41) is 21.5. The molecule has 0 aliphatic rings. The summed E-state index contributed by atoms with van der Waals surface area (Å²) in [5.41, 5.74) is 6.64. The number of phenols is 1. The maximum atomic E-state index is 10.5. The second-order valence-electron chi connectivity index (χ2n) is 3.68. The molecule has 1 amide bonds. The number of aryl methyl sites for hydroxylation is 1. The van der Waals surface area contributed by atoms with Crippen LogP contribution in [0.5, 0.6) is 5.75 Å². The molecule has 0 heterocycles. The lowest BCUT2D eigenvalue weighted by atomic mass is 10.1. The van der Waals surface area contributed by atoms with Crippen molar-refractivity contribution in [3.05, 3.63) is 29.3 Å². The van der Waals surface area contributed by atoms with Crippen LogP contribution in [-0.4, -0.2) is 28.8 Å². The molecule has 0 radical (unpaired) electrons. The first-order chi connectivity index (χ1) is 7.50. The Morgan fingerprint density at radius 1 is 1.56 bits per heavy atom. The van der Waals surface area contributed by atoms with Gasteiger partial charge in [-0.2, -0.15) is 0 Å². The van der Waals surface area contributed by atoms with Crippen LogP contribution >= 0.6 is 0 Å². The van der Waals surface area contributed by atoms with Gasteiger partial charge in [0.2, 0.25) is 5.91 Å². The van der Waals surface area contributed by atoms with E-state index in [-0.39, 0.29) is 12.3 Å². The van der Waals surface area contributed by atoms with Gasteiger partial charge in [-0.05, 0) is 13.0 Å². The molecule has 1 rings (SSSR count). The van der Waals surface area contributed by atoms with Crippen molar-refractivity contribution in [1.29, 1.82) is 0 Å². The van der Waals surface area contributed by atoms with E-state index in [1.807, 2.05) is 13.0 Å². The molecule has 5 nitrogen and oxygen atoms in total. The number of primary amides is 1. The van der Waals surface area contributed by atoms with Gasteiger partial charge in [0.15, 0.2) is 0 Å². The highest BCUT2D eigenvalue weighted by molar-refractivity contribution is 5.78. The number of carbonyl (C=O) groups is 1. The maximum absolute atomic E-state index is 10.5. The average molecular weight is 224 g/mol. The van der Waals surface area contributed by atoms with Gasteiger partial charge in [-0.15, -0.1) is 0 Å². The van der Waals surface area contributed by atoms with Gasteiger partial charge in [-0.1, -0.05) is 17.7 Å². The number of phenolic OH excluding ortho intramolecular Hbond substituents is 1. The predicted molar refractivity (Wildman–Crippen MR) is 59.8 cm³/mol. The maximum Gasteiger partial charge on any atom is 0.247 e. The fraction of sp³-hybridized carbons (Fsp3) is 0.364. The lowest BCUT2D eigenvalue weighted by Gasteiger charge is -2.10. The molecular formula is C11H16N2O3. The summed E-state index contributed by atoms with van der Waals surface area (Å²) in [5.74, 6) is -0.576. The van der Waals surface area contributed by atoms with E-state index >= 15 is 0 Å². The number of nitrogens with one attached hydrogen (secondary N) is 1. The Morgan fingerprint density at radius 2 is 2.25 bits per heavy atom. The van der Waals surface area contributed by atoms with Crippen molar-refractivity contribution in [3.8, 4) is 5.75 Å². The van der Waals surface area contributed by atoms with E-state index in [9.17, 15) is 9.90 Å². The molecule has 0 bridgehead atoms. The number of benzene rings is 1. The Bertz CT molecular complexity index is 379. The number of hydrogen-bond donors (Lipinski definition) is 4. The van der Waals surface area contributed by atoms with Crippen molar-refractivity contribution in [2.45, 2.75) is 19.6 Å². The number of nitrogens with two attached hydrogens (primary N) is 1. The van der Waals surface area contributed by atoms with Crippen molar-refractivity contribution in [2.24, 2.45) is 5.73 Å². The number of amides is 1. The highest BCUT2D eigenvalue weighted by Gasteiger charge is 2.10. The third-order valence-corrected chi connectivity index (χ3v) is 2.22. The fourth-order valence-corrected chi connectivity index (χ4v) is 1.30. The van der Waals surface area contributed by atoms with Gasteiger partial charge in [0.1, 0.15) is 11.9 Å². The standard InChI is InChI=1S/C11H16N2O3/c1-7-2-3-9(14)8(4-7)5-13-6-10(15)11(12)16/h2-4,10,13-15H,5-6H2,1H3,(H2,12,16). The first kappa shape index (κ1) is 12.5. The molecule has 88 valence electrons. The molecule has 0 spiro atoms. The molecule has 16 heavy (non-hydrogen) atoms. The van der Waals surface area contributed by atoms with Crippen LogP contribution in [0.25, 0.3) is 0 Å². The zero-order chi connectivity index (χ0) is 12.1. The molecule has 0 saturated heterocycles. The monoisotopic (exact) mass is 224 g/mol. The zero-order valence-corrected chi connectivity index (χ0v) is 9.10. The summed E-state index contributed by atoms with van der Waals surface area (Å²) in [6, 6.07) is 5.24. The molecule has 0 aromatic heterocycles. The lowest BCUT2D eigenvalue weighted by molar-refractivity contribution is -0.125. The third-order valence-electron chi connectivity index (χ3n) is 2.22. The molecule has 0 fully saturated rings. The van der Waals surface area contributed by atoms with E-state index in [4.69, 9.17) is 10.8 Å². The SMILES string of the molecule is Cc1ccc(O)c(CNCC(O)C(N)=O)c1. The van der Waals surface area contributed by atoms with Gasteiger partial charge in [-0.3, -0.25) is 4.79 Å². The van der Waals surface area contributed by atoms with Gasteiger partial charge >= 0.3 is 0 Å². The van der Waals surface area contributed by atoms with Crippen molar-refractivity contribution in [1.82, 2.24) is 5.32 Å². The van der Waals surface area contributed by atoms with Crippen molar-refractivity contribution in [2.75, 3.05) is 6.54 Å². The summed E-state index contributed by atoms with van der Waals surface area (Å²) >= 11 is 0. The van der Waals surface area contributed by atoms with E-state index in [1.165, 1.54) is 0 Å². The number of rotatable bonds is 5. The normalized spacial score (nSPS) is 12.4. The molecule has 0 aliphatic carbocycles. The minimum absolute atomic E-state index is 0.0721. The average Bonchev–Trinajstić information content (AvgIpc) is 2.22. The van der Waals surface area contributed by atoms with Crippen LogP contribution in [0.4, 0.5) is 0 Å². The van der Waals surface area contributed by atoms with Crippen LogP contribution < -0.4 is 11.1 Å². The topological polar surface area (TPSA) is 95.6 Å². The Labute approximate surface area is 93.9 Å². The Balaban J connectivity index is 2.48. The van der Waals surface area contributed by atoms with Crippen LogP contribution in [0.2, 0.25) is 0 Å². The fourth-order valence-electron chi connectivity index (χ4n) is 1.30. The second-order valence-corrected chi connectivity index (χ2v) is 3.68. The van der Waals surface area contributed by atoms with E-state index in [2.05, 4.69) is 5.32 Å². The van der Waals surface area contributed by atoms with E-state index in [0.717, 1.165) is 11.1 Å². The molecule has 1 aromatic carbocycles. The second kappa shape index (κ2) is 5.48. The van der Waals surface area contributed by atoms with Gasteiger partial charge in [-0.25, -0.2) is 0 Å². The summed E-state index contributed by atoms with van der Waals surface area (Å²) in [7, 11) is 0. The summed E-state index contributed by atoms with van der Waals surface area (Å²) in [6.45, 7) is 2.36. The number of aromatic hydroxyl groups is 1. The first-order valence-electron chi connectivity index (χ1n) is 4.97. The number of hydrogen-bond acceptors (Lipinski definition) is 4. The van der Waals surface area contributed by atoms with Crippen LogP contribution in [0.3, 0.4) is 0 Å². The zero-order valence-electron chi connectivity index (χ0n) is 9.10. The summed E-state index contributed by atoms with van der Waals surface area (Å²) in [4.78, 5) is 10.5. The molecule has 1 unspecified atom stereocenters. The highest BCUT2D eigenvalue weighted by Crippen LogP contribution is 2.17. The number of aliphatic hydroxyl groups excluding tert-OH is 1. The van der Waals surface area contributed by atoms with Crippen LogP contribution in [-0.2, 0) is 11.3 Å². The molecule has 0 saturated carbocycles. The van der Waals surface area contributed by atoms with Crippen molar-refractivity contribution < 1.29 is 15.0 Å². The van der Waals surface area contributed by atoms with E-state index < -0.39 is 12.0 Å². The predicted octanol–water partition coefficient (Wildman–Crippen LogP) is -0.364. The minimum atomic E-state index is -1.20. The Kier molecular flexibility index (Phi) is 4.28. The first-order valence-corrected chi connectivity index (χ1v) is 4.97. The number of aliphatic hydroxyl groups is 1. The van der Waals surface area contributed by atoms with Gasteiger partial charge in [0, 0.05) is 18.7 Å². The molecule has 5 N–H and O–H groups in total. The highest BCUT2D eigenvalue weighted by atomic mass is 16.3. The molecule has 0 aliphatic heterocycles. The van der Waals surface area contributed by atoms with Gasteiger partial charge in [0.05, 0.1) is 0 Å². The Hall–Kier alpha value is -1.59. The lowest BCUT2D eigenvalue weighted by Crippen LogP contribution is -2.37. The quantitative estimate of drug-likeness (QED) is 0.549. The van der Waals surface area contributed by atoms with Crippen LogP contribution in [0.1, 0.15) is 11.1 Å². The molecule has 5 heteroatoms. The van der Waals surface area contributed by atoms with Crippen molar-refractivity contribution in [3.63, 3.8) is 0 Å². The van der Waals surface area contributed by atoms with Crippen LogP contribution in [0, 0.1) is 6.92 Å². The van der Waals surface area contributed by atoms with Crippen LogP contribution in [0.15, 0.2) is 18.2 Å². The van der Waals surface area contributed by atoms with Gasteiger partial charge < -0.3 is 21.3 Å². The largest absolute Gasteiger partial charge is 0.508 e. The third kappa shape index (κ3) is 3.52. The van der Waals surface area contributed by atoms with E-state index in [1.54, 1.807) is 12.1 Å². The minimum Gasteiger partial charge on any atom is -0.508 e. The number of carbonyl (C=O) groups excluding carboxylic acids is 1. The van der Waals surface area contributed by atoms with Crippen molar-refractivity contribution >= 4 is 5.91 Å². The van der Waals surface area contributed by atoms with Gasteiger partial charge in [0.25, 0.3) is 0 Å². The van der Waals surface area contributed by atoms with E-state index in [0.29, 0.717) is 6.54 Å². The molecule has 1 aromatic rings. The smallest absolute Gasteiger partial charge is 0.247 e. The summed E-state index contributed by atoms with van der Waals surface area (Å²) < 4.78 is 0. The Morgan fingerprint density at radius 3 is 2.88 bits per heavy atom. The molecule has 1 atom stereocenters.